The minimum absolute atomic E-state index is 0. The van der Waals surface area contributed by atoms with Crippen molar-refractivity contribution in [2.75, 3.05) is 0 Å². The second kappa shape index (κ2) is 24.8. The largest absolute Gasteiger partial charge is 0 e. The van der Waals surface area contributed by atoms with Crippen LogP contribution in [0.3, 0.4) is 0 Å². The van der Waals surface area contributed by atoms with Crippen molar-refractivity contribution < 1.29 is 72.3 Å². The van der Waals surface area contributed by atoms with E-state index in [1.54, 1.807) is 0 Å². The maximum Gasteiger partial charge on any atom is 0 e. The van der Waals surface area contributed by atoms with Crippen LogP contribution in [0.15, 0.2) is 0 Å². The van der Waals surface area contributed by atoms with Gasteiger partial charge in [0.2, 0.25) is 0 Å². The Kier molecular flexibility index (Phi) is 182. The van der Waals surface area contributed by atoms with Gasteiger partial charge < -0.3 is 0 Å². The molecule has 0 aliphatic rings. The molecule has 0 bridgehead atoms. The van der Waals surface area contributed by atoms with E-state index in [9.17, 15) is 0 Å². The SMILES string of the molecule is [As].[Cd].[Cr].[Hg].[Pb]. The summed E-state index contributed by atoms with van der Waals surface area (Å²) in [5, 5.41) is 0. The average Bonchev–Trinajstić information content (AvgIpc) is 0. The van der Waals surface area contributed by atoms with Crippen molar-refractivity contribution >= 4 is 45.3 Å². The van der Waals surface area contributed by atoms with Crippen LogP contribution in [0.5, 0.6) is 0 Å². The van der Waals surface area contributed by atoms with Gasteiger partial charge >= 0.3 is 0 Å². The van der Waals surface area contributed by atoms with Crippen molar-refractivity contribution in [2.24, 2.45) is 0 Å². The quantitative estimate of drug-likeness (QED) is 0.304. The van der Waals surface area contributed by atoms with Crippen LogP contribution in [0, 0.1) is 0 Å². The van der Waals surface area contributed by atoms with Crippen molar-refractivity contribution in [3.8, 4) is 0 Å². The van der Waals surface area contributed by atoms with Crippen LogP contribution < -0.4 is 0 Å². The van der Waals surface area contributed by atoms with Gasteiger partial charge in [-0.2, -0.15) is 0 Å². The molecule has 0 aromatic rings. The second-order valence-corrected chi connectivity index (χ2v) is 0. The minimum Gasteiger partial charge on any atom is 0 e. The first-order chi connectivity index (χ1) is 0. The summed E-state index contributed by atoms with van der Waals surface area (Å²) < 4.78 is 0. The Morgan fingerprint density at radius 2 is 1.00 bits per heavy atom. The molecule has 0 nitrogen and oxygen atoms in total. The molecule has 0 unspecified atom stereocenters. The zero-order chi connectivity index (χ0) is 0. The molecule has 0 spiro atoms. The van der Waals surface area contributed by atoms with Gasteiger partial charge in [-0.25, -0.2) is 0 Å². The van der Waals surface area contributed by atoms with E-state index in [1.165, 1.54) is 0 Å². The molecule has 0 rings (SSSR count). The van der Waals surface area contributed by atoms with E-state index < -0.39 is 0 Å². The van der Waals surface area contributed by atoms with Crippen LogP contribution in [-0.2, 0) is 72.3 Å². The molecule has 0 aromatic heterocycles. The zero-order valence-electron chi connectivity index (χ0n) is 2.77. The molecule has 19 valence electrons. The Balaban J connectivity index is 0. The summed E-state index contributed by atoms with van der Waals surface area (Å²) in [6, 6.07) is 0. The van der Waals surface area contributed by atoms with Crippen LogP contribution in [0.1, 0.15) is 0 Å². The third kappa shape index (κ3) is 18.1. The van der Waals surface area contributed by atoms with Gasteiger partial charge in [0.25, 0.3) is 0 Å². The Hall–Kier alpha value is 3.87. The van der Waals surface area contributed by atoms with Gasteiger partial charge in [0.15, 0.2) is 0 Å². The van der Waals surface area contributed by atoms with Gasteiger partial charge in [0, 0.05) is 118 Å². The fourth-order valence-corrected chi connectivity index (χ4v) is 0. The molecule has 5 heteroatoms. The molecule has 0 aliphatic carbocycles. The average molecular weight is 647 g/mol. The molecular weight excluding hydrogens is 647 g/mol. The monoisotopic (exact) mass is 651 g/mol. The Labute approximate surface area is 115 Å². The van der Waals surface area contributed by atoms with E-state index in [-0.39, 0.29) is 118 Å². The Morgan fingerprint density at radius 1 is 1.00 bits per heavy atom. The fraction of sp³-hybridized carbons (Fsp3) is 0. The smallest absolute Gasteiger partial charge is 0 e. The first-order valence-corrected chi connectivity index (χ1v) is 0. The summed E-state index contributed by atoms with van der Waals surface area (Å²) >= 11 is 0. The van der Waals surface area contributed by atoms with Gasteiger partial charge in [-0.15, -0.1) is 0 Å². The van der Waals surface area contributed by atoms with Crippen molar-refractivity contribution in [3.05, 3.63) is 0 Å². The summed E-state index contributed by atoms with van der Waals surface area (Å²) in [4.78, 5) is 0. The molecule has 0 atom stereocenters. The molecule has 0 heterocycles. The standard InChI is InChI=1S/As.Cd.Cr.Hg.Pb. The number of hydrogen-bond donors (Lipinski definition) is 0. The summed E-state index contributed by atoms with van der Waals surface area (Å²) in [5.74, 6) is 0. The van der Waals surface area contributed by atoms with Gasteiger partial charge in [0.1, 0.15) is 0 Å². The van der Waals surface area contributed by atoms with E-state index >= 15 is 0 Å². The molecule has 0 fully saturated rings. The van der Waals surface area contributed by atoms with E-state index in [1.807, 2.05) is 0 Å². The molecule has 0 aromatic carbocycles. The molecule has 5 heavy (non-hydrogen) atoms. The molecule has 0 saturated carbocycles. The maximum atomic E-state index is 0. The van der Waals surface area contributed by atoms with Crippen LogP contribution in [-0.4, -0.2) is 45.3 Å². The molecule has 0 N–H and O–H groups in total. The first kappa shape index (κ1) is 36.7. The maximum absolute atomic E-state index is 0. The molecule has 7 radical (unpaired) electrons. The summed E-state index contributed by atoms with van der Waals surface area (Å²) in [5.41, 5.74) is 0. The minimum atomic E-state index is 0. The van der Waals surface area contributed by atoms with Gasteiger partial charge in [-0.1, -0.05) is 0 Å². The van der Waals surface area contributed by atoms with Crippen molar-refractivity contribution in [1.82, 2.24) is 0 Å². The van der Waals surface area contributed by atoms with Crippen LogP contribution in [0.2, 0.25) is 0 Å². The Morgan fingerprint density at radius 3 is 1.00 bits per heavy atom. The number of hydrogen-bond acceptors (Lipinski definition) is 0. The van der Waals surface area contributed by atoms with E-state index in [0.29, 0.717) is 0 Å². The van der Waals surface area contributed by atoms with Crippen molar-refractivity contribution in [3.63, 3.8) is 0 Å². The van der Waals surface area contributed by atoms with Crippen molar-refractivity contribution in [1.29, 1.82) is 0 Å². The first-order valence-electron chi connectivity index (χ1n) is 0. The predicted octanol–water partition coefficient (Wildman–Crippen LogP) is -0.769. The summed E-state index contributed by atoms with van der Waals surface area (Å²) in [7, 11) is 0. The third-order valence-electron chi connectivity index (χ3n) is 0. The molecule has 0 amide bonds. The fourth-order valence-electron chi connectivity index (χ4n) is 0. The Bertz CT molecular complexity index is 11.6. The summed E-state index contributed by atoms with van der Waals surface area (Å²) in [6.45, 7) is 0. The predicted molar refractivity (Wildman–Crippen MR) is 11.5 cm³/mol. The second-order valence-electron chi connectivity index (χ2n) is 0. The van der Waals surface area contributed by atoms with Gasteiger partial charge in [0.05, 0.1) is 0 Å². The normalized spacial score (nSPS) is 0. The topological polar surface area (TPSA) is 0 Å². The van der Waals surface area contributed by atoms with Crippen LogP contribution in [0.4, 0.5) is 0 Å². The van der Waals surface area contributed by atoms with E-state index in [4.69, 9.17) is 0 Å². The number of rotatable bonds is 0. The molecule has 0 saturated heterocycles. The molecular formula is AsCdCrHgPb. The van der Waals surface area contributed by atoms with E-state index in [2.05, 4.69) is 0 Å². The van der Waals surface area contributed by atoms with Crippen molar-refractivity contribution in [2.45, 2.75) is 0 Å². The molecule has 0 aliphatic heterocycles. The van der Waals surface area contributed by atoms with Crippen LogP contribution >= 0.6 is 0 Å². The zero-order valence-corrected chi connectivity index (χ0v) is 19.3. The third-order valence-corrected chi connectivity index (χ3v) is 0. The van der Waals surface area contributed by atoms with E-state index in [0.717, 1.165) is 0 Å². The van der Waals surface area contributed by atoms with Crippen LogP contribution in [0.25, 0.3) is 0 Å². The van der Waals surface area contributed by atoms with Gasteiger partial charge in [-0.05, 0) is 0 Å². The van der Waals surface area contributed by atoms with Gasteiger partial charge in [-0.3, -0.25) is 0 Å². The summed E-state index contributed by atoms with van der Waals surface area (Å²) in [6.07, 6.45) is 0.